The van der Waals surface area contributed by atoms with Gasteiger partial charge in [-0.15, -0.1) is 6.42 Å². The van der Waals surface area contributed by atoms with Gasteiger partial charge in [0.25, 0.3) is 0 Å². The van der Waals surface area contributed by atoms with E-state index in [1.165, 1.54) is 6.92 Å². The Kier molecular flexibility index (Phi) is 4.94. The quantitative estimate of drug-likeness (QED) is 0.496. The SMILES string of the molecule is C#Cc1cccc(OC(=O)CC(C)NC(C)=O)c1. The molecule has 4 nitrogen and oxygen atoms in total. The summed E-state index contributed by atoms with van der Waals surface area (Å²) in [6.07, 6.45) is 5.36. The van der Waals surface area contributed by atoms with E-state index in [1.807, 2.05) is 0 Å². The van der Waals surface area contributed by atoms with Crippen LogP contribution in [0, 0.1) is 12.3 Å². The summed E-state index contributed by atoms with van der Waals surface area (Å²) in [4.78, 5) is 22.4. The first-order valence-electron chi connectivity index (χ1n) is 5.55. The number of esters is 1. The molecule has 0 saturated heterocycles. The lowest BCUT2D eigenvalue weighted by atomic mass is 10.2. The number of rotatable bonds is 4. The van der Waals surface area contributed by atoms with Crippen LogP contribution in [0.1, 0.15) is 25.8 Å². The molecule has 0 fully saturated rings. The van der Waals surface area contributed by atoms with Crippen molar-refractivity contribution in [3.05, 3.63) is 29.8 Å². The van der Waals surface area contributed by atoms with Crippen LogP contribution in [-0.2, 0) is 9.59 Å². The van der Waals surface area contributed by atoms with Gasteiger partial charge in [-0.25, -0.2) is 0 Å². The number of nitrogens with one attached hydrogen (secondary N) is 1. The van der Waals surface area contributed by atoms with Crippen molar-refractivity contribution < 1.29 is 14.3 Å². The fourth-order valence-electron chi connectivity index (χ4n) is 1.47. The molecule has 1 aromatic rings. The highest BCUT2D eigenvalue weighted by Crippen LogP contribution is 2.13. The first-order valence-corrected chi connectivity index (χ1v) is 5.55. The molecule has 0 spiro atoms. The monoisotopic (exact) mass is 245 g/mol. The van der Waals surface area contributed by atoms with Crippen LogP contribution in [0.15, 0.2) is 24.3 Å². The van der Waals surface area contributed by atoms with E-state index < -0.39 is 5.97 Å². The molecule has 0 radical (unpaired) electrons. The van der Waals surface area contributed by atoms with E-state index in [-0.39, 0.29) is 18.4 Å². The number of carbonyl (C=O) groups is 2. The van der Waals surface area contributed by atoms with Crippen molar-refractivity contribution >= 4 is 11.9 Å². The van der Waals surface area contributed by atoms with Gasteiger partial charge in [0.05, 0.1) is 6.42 Å². The maximum Gasteiger partial charge on any atom is 0.313 e. The van der Waals surface area contributed by atoms with Gasteiger partial charge in [0.2, 0.25) is 5.91 Å². The lowest BCUT2D eigenvalue weighted by Gasteiger charge is -2.11. The Bertz CT molecular complexity index is 488. The molecule has 18 heavy (non-hydrogen) atoms. The molecule has 1 aromatic carbocycles. The zero-order valence-electron chi connectivity index (χ0n) is 10.4. The van der Waals surface area contributed by atoms with E-state index in [9.17, 15) is 9.59 Å². The van der Waals surface area contributed by atoms with Crippen molar-refractivity contribution in [2.45, 2.75) is 26.3 Å². The highest BCUT2D eigenvalue weighted by molar-refractivity contribution is 5.76. The van der Waals surface area contributed by atoms with Crippen molar-refractivity contribution in [3.8, 4) is 18.1 Å². The molecule has 1 unspecified atom stereocenters. The maximum absolute atomic E-state index is 11.6. The zero-order chi connectivity index (χ0) is 13.5. The van der Waals surface area contributed by atoms with Gasteiger partial charge >= 0.3 is 5.97 Å². The lowest BCUT2D eigenvalue weighted by Crippen LogP contribution is -2.33. The fourth-order valence-corrected chi connectivity index (χ4v) is 1.47. The minimum Gasteiger partial charge on any atom is -0.426 e. The third-order valence-electron chi connectivity index (χ3n) is 2.15. The standard InChI is InChI=1S/C14H15NO3/c1-4-12-6-5-7-13(9-12)18-14(17)8-10(2)15-11(3)16/h1,5-7,9-10H,8H2,2-3H3,(H,15,16). The molecule has 1 N–H and O–H groups in total. The minimum atomic E-state index is -0.412. The highest BCUT2D eigenvalue weighted by Gasteiger charge is 2.11. The normalized spacial score (nSPS) is 11.2. The molecule has 0 aliphatic heterocycles. The summed E-state index contributed by atoms with van der Waals surface area (Å²) in [5, 5.41) is 2.61. The van der Waals surface area contributed by atoms with Crippen LogP contribution in [0.2, 0.25) is 0 Å². The summed E-state index contributed by atoms with van der Waals surface area (Å²) in [7, 11) is 0. The molecule has 0 aliphatic carbocycles. The van der Waals surface area contributed by atoms with Crippen LogP contribution in [0.3, 0.4) is 0 Å². The average Bonchev–Trinajstić information content (AvgIpc) is 2.27. The summed E-state index contributed by atoms with van der Waals surface area (Å²) in [5.74, 6) is 2.28. The fraction of sp³-hybridized carbons (Fsp3) is 0.286. The Morgan fingerprint density at radius 2 is 2.22 bits per heavy atom. The third kappa shape index (κ3) is 4.71. The largest absolute Gasteiger partial charge is 0.426 e. The van der Waals surface area contributed by atoms with Gasteiger partial charge in [0.1, 0.15) is 5.75 Å². The Labute approximate surface area is 106 Å². The number of ether oxygens (including phenoxy) is 1. The Hall–Kier alpha value is -2.28. The second-order valence-electron chi connectivity index (χ2n) is 3.95. The molecule has 1 amide bonds. The van der Waals surface area contributed by atoms with Crippen LogP contribution >= 0.6 is 0 Å². The number of amides is 1. The molecule has 0 aromatic heterocycles. The molecule has 94 valence electrons. The van der Waals surface area contributed by atoms with Crippen LogP contribution in [0.25, 0.3) is 0 Å². The number of hydrogen-bond donors (Lipinski definition) is 1. The third-order valence-corrected chi connectivity index (χ3v) is 2.15. The van der Waals surface area contributed by atoms with E-state index >= 15 is 0 Å². The van der Waals surface area contributed by atoms with Crippen molar-refractivity contribution in [2.24, 2.45) is 0 Å². The van der Waals surface area contributed by atoms with Crippen molar-refractivity contribution in [2.75, 3.05) is 0 Å². The Morgan fingerprint density at radius 3 is 2.83 bits per heavy atom. The zero-order valence-corrected chi connectivity index (χ0v) is 10.4. The van der Waals surface area contributed by atoms with Gasteiger partial charge in [-0.1, -0.05) is 12.0 Å². The van der Waals surface area contributed by atoms with Gasteiger partial charge in [-0.2, -0.15) is 0 Å². The minimum absolute atomic E-state index is 0.111. The van der Waals surface area contributed by atoms with E-state index in [1.54, 1.807) is 31.2 Å². The maximum atomic E-state index is 11.6. The molecule has 0 aliphatic rings. The van der Waals surface area contributed by atoms with Crippen LogP contribution in [0.4, 0.5) is 0 Å². The van der Waals surface area contributed by atoms with Crippen molar-refractivity contribution in [3.63, 3.8) is 0 Å². The Balaban J connectivity index is 2.54. The molecule has 4 heteroatoms. The van der Waals surface area contributed by atoms with Crippen LogP contribution in [0.5, 0.6) is 5.75 Å². The molecular formula is C14H15NO3. The first-order chi connectivity index (χ1) is 8.51. The summed E-state index contributed by atoms with van der Waals surface area (Å²) in [6.45, 7) is 3.14. The molecule has 0 bridgehead atoms. The van der Waals surface area contributed by atoms with Gasteiger partial charge in [-0.05, 0) is 25.1 Å². The lowest BCUT2D eigenvalue weighted by molar-refractivity contribution is -0.135. The second kappa shape index (κ2) is 6.45. The van der Waals surface area contributed by atoms with Crippen molar-refractivity contribution in [1.82, 2.24) is 5.32 Å². The summed E-state index contributed by atoms with van der Waals surface area (Å²) < 4.78 is 5.12. The summed E-state index contributed by atoms with van der Waals surface area (Å²) in [5.41, 5.74) is 0.648. The summed E-state index contributed by atoms with van der Waals surface area (Å²) >= 11 is 0. The number of carbonyl (C=O) groups excluding carboxylic acids is 2. The molecule has 0 heterocycles. The van der Waals surface area contributed by atoms with Gasteiger partial charge < -0.3 is 10.1 Å². The molecular weight excluding hydrogens is 230 g/mol. The van der Waals surface area contributed by atoms with Crippen molar-refractivity contribution in [1.29, 1.82) is 0 Å². The van der Waals surface area contributed by atoms with Crippen LogP contribution < -0.4 is 10.1 Å². The predicted molar refractivity (Wildman–Crippen MR) is 67.9 cm³/mol. The predicted octanol–water partition coefficient (Wildman–Crippen LogP) is 1.49. The van der Waals surface area contributed by atoms with E-state index in [4.69, 9.17) is 11.2 Å². The van der Waals surface area contributed by atoms with E-state index in [2.05, 4.69) is 11.2 Å². The molecule has 1 atom stereocenters. The van der Waals surface area contributed by atoms with Gasteiger partial charge in [-0.3, -0.25) is 9.59 Å². The topological polar surface area (TPSA) is 55.4 Å². The smallest absolute Gasteiger partial charge is 0.313 e. The first kappa shape index (κ1) is 13.8. The molecule has 0 saturated carbocycles. The van der Waals surface area contributed by atoms with Gasteiger partial charge in [0, 0.05) is 18.5 Å². The number of benzene rings is 1. The Morgan fingerprint density at radius 1 is 1.50 bits per heavy atom. The average molecular weight is 245 g/mol. The van der Waals surface area contributed by atoms with Crippen LogP contribution in [-0.4, -0.2) is 17.9 Å². The van der Waals surface area contributed by atoms with E-state index in [0.717, 1.165) is 0 Å². The molecule has 1 rings (SSSR count). The number of terminal acetylenes is 1. The summed E-state index contributed by atoms with van der Waals surface area (Å²) in [6, 6.07) is 6.47. The second-order valence-corrected chi connectivity index (χ2v) is 3.95. The number of hydrogen-bond acceptors (Lipinski definition) is 3. The highest BCUT2D eigenvalue weighted by atomic mass is 16.5. The van der Waals surface area contributed by atoms with E-state index in [0.29, 0.717) is 11.3 Å². The van der Waals surface area contributed by atoms with Gasteiger partial charge in [0.15, 0.2) is 0 Å².